The smallest absolute Gasteiger partial charge is 0.253 e. The van der Waals surface area contributed by atoms with Crippen LogP contribution in [0.3, 0.4) is 0 Å². The van der Waals surface area contributed by atoms with Crippen LogP contribution < -0.4 is 5.56 Å². The van der Waals surface area contributed by atoms with Crippen LogP contribution in [-0.4, -0.2) is 4.57 Å². The number of halogens is 1. The molecule has 2 nitrogen and oxygen atoms in total. The zero-order valence-corrected chi connectivity index (χ0v) is 9.76. The van der Waals surface area contributed by atoms with Crippen LogP contribution in [0.5, 0.6) is 0 Å². The lowest BCUT2D eigenvalue weighted by Crippen LogP contribution is -2.23. The lowest BCUT2D eigenvalue weighted by Gasteiger charge is -2.09. The largest absolute Gasteiger partial charge is 0.314 e. The van der Waals surface area contributed by atoms with Crippen molar-refractivity contribution in [2.24, 2.45) is 5.92 Å². The van der Waals surface area contributed by atoms with Gasteiger partial charge in [-0.1, -0.05) is 13.8 Å². The maximum atomic E-state index is 11.6. The summed E-state index contributed by atoms with van der Waals surface area (Å²) < 4.78 is 2.72. The summed E-state index contributed by atoms with van der Waals surface area (Å²) in [5.41, 5.74) is 0.895. The van der Waals surface area contributed by atoms with Crippen LogP contribution in [0.25, 0.3) is 0 Å². The summed E-state index contributed by atoms with van der Waals surface area (Å²) in [6.45, 7) is 6.81. The number of rotatable bonds is 2. The van der Waals surface area contributed by atoms with Gasteiger partial charge in [0.2, 0.25) is 0 Å². The monoisotopic (exact) mass is 243 g/mol. The lowest BCUT2D eigenvalue weighted by atomic mass is 10.2. The van der Waals surface area contributed by atoms with Gasteiger partial charge in [0.15, 0.2) is 0 Å². The molecule has 0 aliphatic carbocycles. The Morgan fingerprint density at radius 2 is 2.15 bits per heavy atom. The van der Waals surface area contributed by atoms with E-state index >= 15 is 0 Å². The van der Waals surface area contributed by atoms with Crippen molar-refractivity contribution in [3.05, 3.63) is 32.7 Å². The summed E-state index contributed by atoms with van der Waals surface area (Å²) >= 11 is 3.38. The molecule has 0 aromatic carbocycles. The zero-order valence-electron chi connectivity index (χ0n) is 8.17. The summed E-state index contributed by atoms with van der Waals surface area (Å²) in [5, 5.41) is 0. The highest BCUT2D eigenvalue weighted by atomic mass is 79.9. The minimum Gasteiger partial charge on any atom is -0.314 e. The molecule has 0 unspecified atom stereocenters. The van der Waals surface area contributed by atoms with E-state index in [-0.39, 0.29) is 5.56 Å². The summed E-state index contributed by atoms with van der Waals surface area (Å²) in [7, 11) is 0. The van der Waals surface area contributed by atoms with Crippen molar-refractivity contribution < 1.29 is 0 Å². The van der Waals surface area contributed by atoms with Crippen molar-refractivity contribution >= 4 is 15.9 Å². The highest BCUT2D eigenvalue weighted by molar-refractivity contribution is 9.10. The molecule has 0 bridgehead atoms. The molecule has 72 valence electrons. The number of aromatic nitrogens is 1. The third-order valence-corrected chi connectivity index (χ3v) is 2.23. The van der Waals surface area contributed by atoms with Gasteiger partial charge in [0, 0.05) is 22.8 Å². The highest BCUT2D eigenvalue weighted by Gasteiger charge is 2.03. The first-order chi connectivity index (χ1) is 6.00. The van der Waals surface area contributed by atoms with E-state index in [2.05, 4.69) is 29.8 Å². The molecule has 0 saturated heterocycles. The molecule has 1 aromatic rings. The van der Waals surface area contributed by atoms with E-state index in [0.717, 1.165) is 16.6 Å². The molecule has 0 aliphatic heterocycles. The van der Waals surface area contributed by atoms with Crippen molar-refractivity contribution in [3.8, 4) is 0 Å². The first-order valence-electron chi connectivity index (χ1n) is 4.37. The van der Waals surface area contributed by atoms with E-state index in [1.165, 1.54) is 0 Å². The molecular weight excluding hydrogens is 230 g/mol. The summed E-state index contributed by atoms with van der Waals surface area (Å²) in [6.07, 6.45) is 1.84. The topological polar surface area (TPSA) is 22.0 Å². The predicted octanol–water partition coefficient (Wildman–Crippen LogP) is 2.58. The van der Waals surface area contributed by atoms with Crippen molar-refractivity contribution in [2.75, 3.05) is 0 Å². The number of hydrogen-bond donors (Lipinski definition) is 0. The fourth-order valence-electron chi connectivity index (χ4n) is 1.27. The third-order valence-electron chi connectivity index (χ3n) is 1.79. The minimum atomic E-state index is 0.108. The molecule has 0 amide bonds. The molecule has 1 heterocycles. The van der Waals surface area contributed by atoms with Gasteiger partial charge in [-0.15, -0.1) is 0 Å². The summed E-state index contributed by atoms with van der Waals surface area (Å²) in [5.74, 6) is 0.492. The fraction of sp³-hybridized carbons (Fsp3) is 0.500. The van der Waals surface area contributed by atoms with Gasteiger partial charge >= 0.3 is 0 Å². The van der Waals surface area contributed by atoms with Crippen molar-refractivity contribution in [2.45, 2.75) is 27.3 Å². The maximum Gasteiger partial charge on any atom is 0.253 e. The van der Waals surface area contributed by atoms with Gasteiger partial charge in [0.1, 0.15) is 0 Å². The van der Waals surface area contributed by atoms with Crippen LogP contribution in [-0.2, 0) is 6.54 Å². The van der Waals surface area contributed by atoms with Gasteiger partial charge in [0.25, 0.3) is 5.56 Å². The molecule has 0 aliphatic rings. The maximum absolute atomic E-state index is 11.6. The molecule has 0 atom stereocenters. The van der Waals surface area contributed by atoms with Crippen LogP contribution in [0.1, 0.15) is 19.4 Å². The first-order valence-corrected chi connectivity index (χ1v) is 5.16. The molecular formula is C10H14BrNO. The Balaban J connectivity index is 3.13. The molecule has 13 heavy (non-hydrogen) atoms. The molecule has 0 fully saturated rings. The molecule has 1 rings (SSSR count). The number of nitrogens with zero attached hydrogens (tertiary/aromatic N) is 1. The highest BCUT2D eigenvalue weighted by Crippen LogP contribution is 2.09. The van der Waals surface area contributed by atoms with Gasteiger partial charge in [-0.3, -0.25) is 4.79 Å². The Morgan fingerprint density at radius 3 is 2.69 bits per heavy atom. The molecule has 0 N–H and O–H groups in total. The zero-order chi connectivity index (χ0) is 10.0. The molecule has 0 radical (unpaired) electrons. The Hall–Kier alpha value is -0.570. The quantitative estimate of drug-likeness (QED) is 0.783. The average Bonchev–Trinajstić information content (AvgIpc) is 1.98. The number of hydrogen-bond acceptors (Lipinski definition) is 1. The van der Waals surface area contributed by atoms with Crippen LogP contribution >= 0.6 is 15.9 Å². The van der Waals surface area contributed by atoms with Gasteiger partial charge < -0.3 is 4.57 Å². The van der Waals surface area contributed by atoms with Crippen molar-refractivity contribution in [1.82, 2.24) is 4.57 Å². The van der Waals surface area contributed by atoms with Gasteiger partial charge in [0.05, 0.1) is 0 Å². The fourth-order valence-corrected chi connectivity index (χ4v) is 1.86. The second-order valence-electron chi connectivity index (χ2n) is 3.69. The molecule has 0 saturated carbocycles. The second kappa shape index (κ2) is 4.09. The van der Waals surface area contributed by atoms with E-state index in [1.807, 2.05) is 19.2 Å². The molecule has 3 heteroatoms. The standard InChI is InChI=1S/C10H14BrNO/c1-7(2)5-12-6-9(11)4-8(3)10(12)13/h4,6-7H,5H2,1-3H3. The predicted molar refractivity (Wildman–Crippen MR) is 58.0 cm³/mol. The number of pyridine rings is 1. The van der Waals surface area contributed by atoms with Gasteiger partial charge in [-0.2, -0.15) is 0 Å². The minimum absolute atomic E-state index is 0.108. The van der Waals surface area contributed by atoms with Crippen molar-refractivity contribution in [1.29, 1.82) is 0 Å². The molecule has 1 aromatic heterocycles. The van der Waals surface area contributed by atoms with Crippen LogP contribution in [0.4, 0.5) is 0 Å². The summed E-state index contributed by atoms with van der Waals surface area (Å²) in [4.78, 5) is 11.6. The average molecular weight is 244 g/mol. The van der Waals surface area contributed by atoms with Crippen LogP contribution in [0, 0.1) is 12.8 Å². The van der Waals surface area contributed by atoms with E-state index < -0.39 is 0 Å². The van der Waals surface area contributed by atoms with Crippen molar-refractivity contribution in [3.63, 3.8) is 0 Å². The second-order valence-corrected chi connectivity index (χ2v) is 4.61. The van der Waals surface area contributed by atoms with Crippen LogP contribution in [0.2, 0.25) is 0 Å². The van der Waals surface area contributed by atoms with E-state index in [0.29, 0.717) is 5.92 Å². The number of aryl methyl sites for hydroxylation is 1. The molecule has 0 spiro atoms. The van der Waals surface area contributed by atoms with Gasteiger partial charge in [-0.05, 0) is 34.8 Å². The van der Waals surface area contributed by atoms with E-state index in [1.54, 1.807) is 4.57 Å². The Kier molecular flexibility index (Phi) is 3.31. The van der Waals surface area contributed by atoms with E-state index in [9.17, 15) is 4.79 Å². The Labute approximate surface area is 86.7 Å². The first kappa shape index (κ1) is 10.5. The van der Waals surface area contributed by atoms with Crippen LogP contribution in [0.15, 0.2) is 21.5 Å². The SMILES string of the molecule is Cc1cc(Br)cn(CC(C)C)c1=O. The third kappa shape index (κ3) is 2.69. The Morgan fingerprint density at radius 1 is 1.54 bits per heavy atom. The van der Waals surface area contributed by atoms with E-state index in [4.69, 9.17) is 0 Å². The lowest BCUT2D eigenvalue weighted by molar-refractivity contribution is 0.509. The normalized spacial score (nSPS) is 10.8. The summed E-state index contributed by atoms with van der Waals surface area (Å²) in [6, 6.07) is 1.85. The van der Waals surface area contributed by atoms with Gasteiger partial charge in [-0.25, -0.2) is 0 Å². The Bertz CT molecular complexity index is 354.